The minimum atomic E-state index is 0.338. The second-order valence-corrected chi connectivity index (χ2v) is 3.92. The van der Waals surface area contributed by atoms with Crippen molar-refractivity contribution in [2.45, 2.75) is 6.92 Å². The van der Waals surface area contributed by atoms with Crippen molar-refractivity contribution in [3.8, 4) is 0 Å². The van der Waals surface area contributed by atoms with Crippen molar-refractivity contribution in [2.24, 2.45) is 0 Å². The van der Waals surface area contributed by atoms with E-state index in [1.54, 1.807) is 6.21 Å². The molecule has 0 atom stereocenters. The number of fused-ring (bicyclic) bond motifs is 1. The Morgan fingerprint density at radius 3 is 2.94 bits per heavy atom. The fourth-order valence-electron chi connectivity index (χ4n) is 1.49. The van der Waals surface area contributed by atoms with Crippen LogP contribution in [-0.2, 0) is 0 Å². The molecule has 6 heteroatoms. The Morgan fingerprint density at radius 1 is 1.44 bits per heavy atom. The van der Waals surface area contributed by atoms with Gasteiger partial charge in [0.25, 0.3) is 0 Å². The molecule has 0 aliphatic heterocycles. The molecule has 0 saturated heterocycles. The summed E-state index contributed by atoms with van der Waals surface area (Å²) in [5.41, 5.74) is 1.65. The highest BCUT2D eigenvalue weighted by atomic mass is 16.7. The number of para-hydroxylation sites is 1. The summed E-state index contributed by atoms with van der Waals surface area (Å²) in [6, 6.07) is 7.64. The van der Waals surface area contributed by atoms with Crippen LogP contribution >= 0.6 is 0 Å². The van der Waals surface area contributed by atoms with Gasteiger partial charge in [-0.25, -0.2) is 4.67 Å². The van der Waals surface area contributed by atoms with E-state index in [1.165, 1.54) is 4.85 Å². The minimum Gasteiger partial charge on any atom is -0.380 e. The van der Waals surface area contributed by atoms with E-state index in [4.69, 9.17) is 4.84 Å². The highest BCUT2D eigenvalue weighted by Gasteiger charge is 2.14. The van der Waals surface area contributed by atoms with E-state index in [0.717, 1.165) is 16.9 Å². The SMILES string of the molecule is CC=[N+]=C(COn1nnc2ccccc21)N(C)C. The molecule has 2 aromatic rings. The Bertz CT molecular complexity index is 595. The van der Waals surface area contributed by atoms with Crippen molar-refractivity contribution in [1.82, 2.24) is 24.7 Å². The van der Waals surface area contributed by atoms with E-state index in [2.05, 4.69) is 15.0 Å². The van der Waals surface area contributed by atoms with Gasteiger partial charge in [0.2, 0.25) is 6.61 Å². The first-order valence-electron chi connectivity index (χ1n) is 5.68. The first-order chi connectivity index (χ1) is 8.72. The van der Waals surface area contributed by atoms with Gasteiger partial charge in [-0.2, -0.15) is 0 Å². The molecule has 6 nitrogen and oxygen atoms in total. The zero-order valence-electron chi connectivity index (χ0n) is 10.7. The summed E-state index contributed by atoms with van der Waals surface area (Å²) in [4.78, 5) is 8.91. The van der Waals surface area contributed by atoms with Crippen molar-refractivity contribution in [2.75, 3.05) is 20.7 Å². The van der Waals surface area contributed by atoms with Crippen molar-refractivity contribution < 1.29 is 4.84 Å². The van der Waals surface area contributed by atoms with Gasteiger partial charge in [0, 0.05) is 6.92 Å². The molecule has 0 radical (unpaired) electrons. The standard InChI is InChI=1S/C12H16N5O/c1-4-13-12(16(2)3)9-18-17-11-8-6-5-7-10(11)14-15-17/h4-8H,9H2,1-3H3/q+1. The van der Waals surface area contributed by atoms with Gasteiger partial charge in [-0.3, -0.25) is 4.90 Å². The lowest BCUT2D eigenvalue weighted by atomic mass is 10.3. The second kappa shape index (κ2) is 5.33. The molecule has 94 valence electrons. The predicted molar refractivity (Wildman–Crippen MR) is 71.5 cm³/mol. The molecule has 0 aliphatic carbocycles. The molecule has 1 aromatic carbocycles. The highest BCUT2D eigenvalue weighted by Crippen LogP contribution is 2.07. The van der Waals surface area contributed by atoms with Crippen LogP contribution in [0.1, 0.15) is 6.92 Å². The minimum absolute atomic E-state index is 0.338. The van der Waals surface area contributed by atoms with Crippen LogP contribution in [0, 0.1) is 0 Å². The Balaban J connectivity index is 2.17. The van der Waals surface area contributed by atoms with Crippen molar-refractivity contribution in [3.05, 3.63) is 24.3 Å². The van der Waals surface area contributed by atoms with Crippen LogP contribution in [0.3, 0.4) is 0 Å². The van der Waals surface area contributed by atoms with E-state index in [0.29, 0.717) is 6.61 Å². The summed E-state index contributed by atoms with van der Waals surface area (Å²) in [5.74, 6) is 0.817. The van der Waals surface area contributed by atoms with Crippen LogP contribution in [0.2, 0.25) is 0 Å². The molecule has 0 bridgehead atoms. The van der Waals surface area contributed by atoms with Crippen LogP contribution in [0.15, 0.2) is 24.3 Å². The van der Waals surface area contributed by atoms with Crippen LogP contribution in [0.5, 0.6) is 0 Å². The number of nitrogens with zero attached hydrogens (tertiary/aromatic N) is 5. The quantitative estimate of drug-likeness (QED) is 0.434. The summed E-state index contributed by atoms with van der Waals surface area (Å²) in [5, 5.41) is 7.96. The van der Waals surface area contributed by atoms with Gasteiger partial charge < -0.3 is 4.84 Å². The molecular weight excluding hydrogens is 230 g/mol. The third-order valence-corrected chi connectivity index (χ3v) is 2.43. The third-order valence-electron chi connectivity index (χ3n) is 2.43. The maximum absolute atomic E-state index is 5.59. The molecular formula is C12H16N5O+. The zero-order chi connectivity index (χ0) is 13.0. The number of amidine groups is 1. The lowest BCUT2D eigenvalue weighted by Crippen LogP contribution is -2.33. The average Bonchev–Trinajstić information content (AvgIpc) is 2.77. The topological polar surface area (TPSA) is 57.3 Å². The fraction of sp³-hybridized carbons (Fsp3) is 0.333. The lowest BCUT2D eigenvalue weighted by Gasteiger charge is -2.05. The summed E-state index contributed by atoms with van der Waals surface area (Å²) < 4.78 is 4.23. The molecule has 0 saturated carbocycles. The van der Waals surface area contributed by atoms with Gasteiger partial charge in [0.05, 0.1) is 14.1 Å². The molecule has 0 aliphatic rings. The number of likely N-dealkylation sites (N-methyl/N-ethyl adjacent to an activating group) is 1. The van der Waals surface area contributed by atoms with Crippen LogP contribution in [0.4, 0.5) is 0 Å². The van der Waals surface area contributed by atoms with Gasteiger partial charge >= 0.3 is 5.84 Å². The summed E-state index contributed by atoms with van der Waals surface area (Å²) in [6.45, 7) is 2.21. The largest absolute Gasteiger partial charge is 0.384 e. The molecule has 1 heterocycles. The molecule has 0 amide bonds. The van der Waals surface area contributed by atoms with E-state index in [9.17, 15) is 0 Å². The summed E-state index contributed by atoms with van der Waals surface area (Å²) in [6.07, 6.45) is 1.73. The molecule has 1 aromatic heterocycles. The monoisotopic (exact) mass is 246 g/mol. The highest BCUT2D eigenvalue weighted by molar-refractivity contribution is 5.84. The lowest BCUT2D eigenvalue weighted by molar-refractivity contribution is 0.113. The molecule has 2 rings (SSSR count). The summed E-state index contributed by atoms with van der Waals surface area (Å²) in [7, 11) is 3.84. The molecule has 0 N–H and O–H groups in total. The molecule has 0 spiro atoms. The number of hydrogen-bond acceptors (Lipinski definition) is 3. The number of aromatic nitrogens is 3. The normalized spacial score (nSPS) is 9.94. The third kappa shape index (κ3) is 2.49. The summed E-state index contributed by atoms with van der Waals surface area (Å²) >= 11 is 0. The van der Waals surface area contributed by atoms with Gasteiger partial charge in [-0.05, 0) is 17.3 Å². The smallest absolute Gasteiger partial charge is 0.380 e. The van der Waals surface area contributed by atoms with Crippen molar-refractivity contribution >= 4 is 23.1 Å². The Morgan fingerprint density at radius 2 is 2.22 bits per heavy atom. The van der Waals surface area contributed by atoms with E-state index in [-0.39, 0.29) is 0 Å². The van der Waals surface area contributed by atoms with Gasteiger partial charge in [0.1, 0.15) is 11.0 Å². The number of rotatable bonds is 3. The Hall–Kier alpha value is -2.33. The van der Waals surface area contributed by atoms with Crippen LogP contribution in [0.25, 0.3) is 11.0 Å². The number of benzene rings is 1. The van der Waals surface area contributed by atoms with Crippen LogP contribution < -0.4 is 9.51 Å². The molecule has 0 fully saturated rings. The predicted octanol–water partition coefficient (Wildman–Crippen LogP) is -0.0221. The van der Waals surface area contributed by atoms with Gasteiger partial charge in [-0.15, -0.1) is 5.10 Å². The molecule has 0 unspecified atom stereocenters. The number of hydrogen-bond donors (Lipinski definition) is 0. The van der Waals surface area contributed by atoms with E-state index >= 15 is 0 Å². The van der Waals surface area contributed by atoms with E-state index in [1.807, 2.05) is 50.2 Å². The first-order valence-corrected chi connectivity index (χ1v) is 5.68. The zero-order valence-corrected chi connectivity index (χ0v) is 10.7. The first kappa shape index (κ1) is 12.1. The maximum Gasteiger partial charge on any atom is 0.384 e. The van der Waals surface area contributed by atoms with E-state index < -0.39 is 0 Å². The van der Waals surface area contributed by atoms with Gasteiger partial charge in [-0.1, -0.05) is 17.0 Å². The fourth-order valence-corrected chi connectivity index (χ4v) is 1.49. The van der Waals surface area contributed by atoms with Gasteiger partial charge in [0.15, 0.2) is 6.21 Å². The van der Waals surface area contributed by atoms with Crippen LogP contribution in [-0.4, -0.2) is 52.8 Å². The van der Waals surface area contributed by atoms with Crippen molar-refractivity contribution in [1.29, 1.82) is 0 Å². The van der Waals surface area contributed by atoms with Crippen molar-refractivity contribution in [3.63, 3.8) is 0 Å². The Labute approximate surface area is 105 Å². The second-order valence-electron chi connectivity index (χ2n) is 3.92. The average molecular weight is 246 g/mol. The molecule has 18 heavy (non-hydrogen) atoms. The Kier molecular flexibility index (Phi) is 3.60. The maximum atomic E-state index is 5.59.